The molecule has 0 aromatic carbocycles. The molecule has 0 bridgehead atoms. The zero-order valence-corrected chi connectivity index (χ0v) is 10.7. The summed E-state index contributed by atoms with van der Waals surface area (Å²) >= 11 is 0. The molecule has 1 aliphatic rings. The highest BCUT2D eigenvalue weighted by atomic mass is 15.2. The molecule has 17 heavy (non-hydrogen) atoms. The van der Waals surface area contributed by atoms with Gasteiger partial charge in [-0.25, -0.2) is 4.98 Å². The molecule has 0 saturated heterocycles. The van der Waals surface area contributed by atoms with Crippen LogP contribution >= 0.6 is 0 Å². The molecule has 2 rings (SSSR count). The van der Waals surface area contributed by atoms with E-state index in [0.717, 1.165) is 38.4 Å². The second-order valence-corrected chi connectivity index (χ2v) is 4.51. The second kappa shape index (κ2) is 5.82. The molecule has 0 fully saturated rings. The van der Waals surface area contributed by atoms with Crippen LogP contribution in [0.25, 0.3) is 0 Å². The van der Waals surface area contributed by atoms with Crippen LogP contribution in [0, 0.1) is 0 Å². The molecule has 92 valence electrons. The molecule has 1 aliphatic heterocycles. The number of nitrogens with one attached hydrogen (secondary N) is 1. The molecular formula is C14H21N3. The minimum Gasteiger partial charge on any atom is -0.352 e. The molecule has 2 heterocycles. The van der Waals surface area contributed by atoms with Crippen molar-refractivity contribution < 1.29 is 0 Å². The average molecular weight is 231 g/mol. The van der Waals surface area contributed by atoms with Crippen molar-refractivity contribution in [2.75, 3.05) is 24.5 Å². The van der Waals surface area contributed by atoms with E-state index in [9.17, 15) is 0 Å². The third-order valence-electron chi connectivity index (χ3n) is 3.17. The van der Waals surface area contributed by atoms with Crippen LogP contribution < -0.4 is 10.2 Å². The Bertz CT molecular complexity index is 398. The van der Waals surface area contributed by atoms with E-state index in [2.05, 4.69) is 41.2 Å². The van der Waals surface area contributed by atoms with E-state index < -0.39 is 0 Å². The van der Waals surface area contributed by atoms with E-state index in [0.29, 0.717) is 0 Å². The van der Waals surface area contributed by atoms with Crippen LogP contribution in [0.2, 0.25) is 0 Å². The van der Waals surface area contributed by atoms with Crippen LogP contribution in [0.1, 0.15) is 25.8 Å². The summed E-state index contributed by atoms with van der Waals surface area (Å²) in [7, 11) is 0. The lowest BCUT2D eigenvalue weighted by atomic mass is 10.1. The van der Waals surface area contributed by atoms with Crippen molar-refractivity contribution in [1.29, 1.82) is 0 Å². The lowest BCUT2D eigenvalue weighted by molar-refractivity contribution is 0.710. The largest absolute Gasteiger partial charge is 0.352 e. The molecule has 0 unspecified atom stereocenters. The van der Waals surface area contributed by atoms with Crippen LogP contribution in [0.15, 0.2) is 30.0 Å². The Morgan fingerprint density at radius 3 is 3.06 bits per heavy atom. The number of rotatable bonds is 4. The predicted molar refractivity (Wildman–Crippen MR) is 72.2 cm³/mol. The Morgan fingerprint density at radius 1 is 1.47 bits per heavy atom. The molecule has 0 atom stereocenters. The molecular weight excluding hydrogens is 210 g/mol. The first-order valence-electron chi connectivity index (χ1n) is 6.36. The molecule has 3 heteroatoms. The summed E-state index contributed by atoms with van der Waals surface area (Å²) in [5, 5.41) is 3.37. The number of aromatic nitrogens is 1. The van der Waals surface area contributed by atoms with E-state index in [4.69, 9.17) is 0 Å². The topological polar surface area (TPSA) is 28.2 Å². The second-order valence-electron chi connectivity index (χ2n) is 4.51. The molecule has 1 N–H and O–H groups in total. The van der Waals surface area contributed by atoms with Crippen LogP contribution in [-0.4, -0.2) is 24.6 Å². The first-order chi connectivity index (χ1) is 8.31. The maximum atomic E-state index is 4.54. The summed E-state index contributed by atoms with van der Waals surface area (Å²) in [5.74, 6) is 1.14. The van der Waals surface area contributed by atoms with Crippen molar-refractivity contribution in [3.63, 3.8) is 0 Å². The maximum absolute atomic E-state index is 4.54. The van der Waals surface area contributed by atoms with E-state index in [-0.39, 0.29) is 0 Å². The van der Waals surface area contributed by atoms with Gasteiger partial charge in [0, 0.05) is 31.4 Å². The molecule has 1 aromatic heterocycles. The Morgan fingerprint density at radius 2 is 2.35 bits per heavy atom. The molecule has 0 saturated carbocycles. The summed E-state index contributed by atoms with van der Waals surface area (Å²) in [6.07, 6.45) is 5.34. The number of pyridine rings is 1. The fraction of sp³-hybridized carbons (Fsp3) is 0.500. The quantitative estimate of drug-likeness (QED) is 0.806. The minimum atomic E-state index is 0.902. The van der Waals surface area contributed by atoms with Gasteiger partial charge in [0.05, 0.1) is 0 Å². The fourth-order valence-electron chi connectivity index (χ4n) is 2.08. The van der Waals surface area contributed by atoms with Crippen LogP contribution in [0.5, 0.6) is 0 Å². The first-order valence-corrected chi connectivity index (χ1v) is 6.36. The SMILES string of the molecule is CCNCc1cccnc1N1CC=C(C)CC1. The third kappa shape index (κ3) is 3.07. The van der Waals surface area contributed by atoms with Gasteiger partial charge in [-0.3, -0.25) is 0 Å². The fourth-order valence-corrected chi connectivity index (χ4v) is 2.08. The minimum absolute atomic E-state index is 0.902. The molecule has 0 aliphatic carbocycles. The first kappa shape index (κ1) is 12.1. The average Bonchev–Trinajstić information content (AvgIpc) is 2.38. The van der Waals surface area contributed by atoms with Gasteiger partial charge < -0.3 is 10.2 Å². The van der Waals surface area contributed by atoms with Crippen molar-refractivity contribution in [3.05, 3.63) is 35.5 Å². The van der Waals surface area contributed by atoms with Crippen LogP contribution in [0.4, 0.5) is 5.82 Å². The Balaban J connectivity index is 2.14. The van der Waals surface area contributed by atoms with E-state index in [1.165, 1.54) is 11.1 Å². The summed E-state index contributed by atoms with van der Waals surface area (Å²) < 4.78 is 0. The monoisotopic (exact) mass is 231 g/mol. The smallest absolute Gasteiger partial charge is 0.133 e. The van der Waals surface area contributed by atoms with Gasteiger partial charge in [0.15, 0.2) is 0 Å². The van der Waals surface area contributed by atoms with Gasteiger partial charge in [-0.1, -0.05) is 24.6 Å². The van der Waals surface area contributed by atoms with Gasteiger partial charge in [-0.05, 0) is 26.0 Å². The van der Waals surface area contributed by atoms with Crippen molar-refractivity contribution in [3.8, 4) is 0 Å². The van der Waals surface area contributed by atoms with Gasteiger partial charge in [-0.2, -0.15) is 0 Å². The molecule has 0 radical (unpaired) electrons. The van der Waals surface area contributed by atoms with E-state index in [1.807, 2.05) is 12.3 Å². The Hall–Kier alpha value is -1.35. The zero-order chi connectivity index (χ0) is 12.1. The molecule has 0 spiro atoms. The van der Waals surface area contributed by atoms with Crippen LogP contribution in [0.3, 0.4) is 0 Å². The van der Waals surface area contributed by atoms with Gasteiger partial charge in [0.2, 0.25) is 0 Å². The van der Waals surface area contributed by atoms with Crippen LogP contribution in [-0.2, 0) is 6.54 Å². The highest BCUT2D eigenvalue weighted by Crippen LogP contribution is 2.21. The third-order valence-corrected chi connectivity index (χ3v) is 3.17. The highest BCUT2D eigenvalue weighted by molar-refractivity contribution is 5.48. The summed E-state index contributed by atoms with van der Waals surface area (Å²) in [6.45, 7) is 8.30. The van der Waals surface area contributed by atoms with Crippen molar-refractivity contribution in [1.82, 2.24) is 10.3 Å². The molecule has 0 amide bonds. The lowest BCUT2D eigenvalue weighted by Crippen LogP contribution is -2.30. The van der Waals surface area contributed by atoms with Gasteiger partial charge in [0.25, 0.3) is 0 Å². The standard InChI is InChI=1S/C14H21N3/c1-3-15-11-13-5-4-8-16-14(13)17-9-6-12(2)7-10-17/h4-6,8,15H,3,7,9-11H2,1-2H3. The summed E-state index contributed by atoms with van der Waals surface area (Å²) in [5.41, 5.74) is 2.78. The molecule has 1 aromatic rings. The van der Waals surface area contributed by atoms with Gasteiger partial charge >= 0.3 is 0 Å². The lowest BCUT2D eigenvalue weighted by Gasteiger charge is -2.28. The number of anilines is 1. The molecule has 3 nitrogen and oxygen atoms in total. The maximum Gasteiger partial charge on any atom is 0.133 e. The van der Waals surface area contributed by atoms with E-state index >= 15 is 0 Å². The van der Waals surface area contributed by atoms with Crippen molar-refractivity contribution >= 4 is 5.82 Å². The Labute approximate surface area is 104 Å². The van der Waals surface area contributed by atoms with Crippen molar-refractivity contribution in [2.24, 2.45) is 0 Å². The number of hydrogen-bond acceptors (Lipinski definition) is 3. The van der Waals surface area contributed by atoms with E-state index in [1.54, 1.807) is 0 Å². The number of nitrogens with zero attached hydrogens (tertiary/aromatic N) is 2. The Kier molecular flexibility index (Phi) is 4.15. The van der Waals surface area contributed by atoms with Gasteiger partial charge in [0.1, 0.15) is 5.82 Å². The summed E-state index contributed by atoms with van der Waals surface area (Å²) in [4.78, 5) is 6.90. The zero-order valence-electron chi connectivity index (χ0n) is 10.7. The number of hydrogen-bond donors (Lipinski definition) is 1. The van der Waals surface area contributed by atoms with Gasteiger partial charge in [-0.15, -0.1) is 0 Å². The summed E-state index contributed by atoms with van der Waals surface area (Å²) in [6, 6.07) is 4.18. The van der Waals surface area contributed by atoms with Crippen molar-refractivity contribution in [2.45, 2.75) is 26.8 Å². The normalized spacial score (nSPS) is 15.9. The predicted octanol–water partition coefficient (Wildman–Crippen LogP) is 2.35. The highest BCUT2D eigenvalue weighted by Gasteiger charge is 2.14.